The molecular formula is C24H22N2O2. The molecule has 1 amide bonds. The van der Waals surface area contributed by atoms with Crippen molar-refractivity contribution in [3.05, 3.63) is 95.6 Å². The fraction of sp³-hybridized carbons (Fsp3) is 0.167. The molecule has 0 aliphatic rings. The lowest BCUT2D eigenvalue weighted by atomic mass is 10.0. The first-order valence-corrected chi connectivity index (χ1v) is 9.26. The van der Waals surface area contributed by atoms with Crippen LogP contribution in [-0.4, -0.2) is 23.7 Å². The van der Waals surface area contributed by atoms with Crippen LogP contribution in [-0.2, 0) is 6.42 Å². The molecule has 0 bridgehead atoms. The fourth-order valence-electron chi connectivity index (χ4n) is 3.06. The van der Waals surface area contributed by atoms with Crippen LogP contribution in [0.4, 0.5) is 0 Å². The highest BCUT2D eigenvalue weighted by atomic mass is 16.3. The topological polar surface area (TPSA) is 73.1 Å². The van der Waals surface area contributed by atoms with E-state index in [2.05, 4.69) is 11.4 Å². The predicted molar refractivity (Wildman–Crippen MR) is 110 cm³/mol. The lowest BCUT2D eigenvalue weighted by Crippen LogP contribution is -2.37. The lowest BCUT2D eigenvalue weighted by molar-refractivity contribution is 0.0913. The molecule has 0 saturated carbocycles. The average Bonchev–Trinajstić information content (AvgIpc) is 2.77. The van der Waals surface area contributed by atoms with Crippen molar-refractivity contribution >= 4 is 5.91 Å². The summed E-state index contributed by atoms with van der Waals surface area (Å²) in [7, 11) is 0. The molecule has 0 aliphatic carbocycles. The van der Waals surface area contributed by atoms with Gasteiger partial charge in [0.1, 0.15) is 0 Å². The van der Waals surface area contributed by atoms with Gasteiger partial charge in [-0.25, -0.2) is 0 Å². The zero-order valence-electron chi connectivity index (χ0n) is 15.5. The number of benzene rings is 3. The van der Waals surface area contributed by atoms with Gasteiger partial charge in [0.15, 0.2) is 0 Å². The monoisotopic (exact) mass is 370 g/mol. The molecule has 28 heavy (non-hydrogen) atoms. The van der Waals surface area contributed by atoms with Crippen LogP contribution in [0, 0.1) is 11.3 Å². The second kappa shape index (κ2) is 9.50. The molecule has 0 fully saturated rings. The van der Waals surface area contributed by atoms with Crippen LogP contribution in [0.1, 0.15) is 27.9 Å². The highest BCUT2D eigenvalue weighted by Gasteiger charge is 2.13. The normalized spacial score (nSPS) is 11.4. The number of hydrogen-bond donors (Lipinski definition) is 2. The van der Waals surface area contributed by atoms with Crippen molar-refractivity contribution in [2.24, 2.45) is 0 Å². The number of nitriles is 1. The van der Waals surface area contributed by atoms with Gasteiger partial charge in [-0.2, -0.15) is 5.26 Å². The Morgan fingerprint density at radius 3 is 2.36 bits per heavy atom. The number of carbonyl (C=O) groups excluding carboxylic acids is 1. The van der Waals surface area contributed by atoms with Crippen LogP contribution in [0.3, 0.4) is 0 Å². The highest BCUT2D eigenvalue weighted by molar-refractivity contribution is 5.94. The van der Waals surface area contributed by atoms with Crippen molar-refractivity contribution in [1.82, 2.24) is 5.32 Å². The number of hydrogen-bond acceptors (Lipinski definition) is 3. The van der Waals surface area contributed by atoms with E-state index < -0.39 is 0 Å². The van der Waals surface area contributed by atoms with Crippen molar-refractivity contribution in [3.63, 3.8) is 0 Å². The number of aliphatic hydroxyl groups excluding tert-OH is 1. The Balaban J connectivity index is 1.59. The van der Waals surface area contributed by atoms with Crippen LogP contribution in [0.15, 0.2) is 78.9 Å². The molecule has 1 unspecified atom stereocenters. The van der Waals surface area contributed by atoms with Gasteiger partial charge in [-0.3, -0.25) is 4.79 Å². The minimum Gasteiger partial charge on any atom is -0.394 e. The summed E-state index contributed by atoms with van der Waals surface area (Å²) in [5.74, 6) is -0.204. The van der Waals surface area contributed by atoms with Crippen LogP contribution in [0.5, 0.6) is 0 Å². The summed E-state index contributed by atoms with van der Waals surface area (Å²) in [5, 5.41) is 21.5. The minimum atomic E-state index is -0.341. The number of nitrogens with zero attached hydrogens (tertiary/aromatic N) is 1. The van der Waals surface area contributed by atoms with Gasteiger partial charge >= 0.3 is 0 Å². The number of carbonyl (C=O) groups is 1. The van der Waals surface area contributed by atoms with E-state index >= 15 is 0 Å². The van der Waals surface area contributed by atoms with Gasteiger partial charge in [-0.15, -0.1) is 0 Å². The molecule has 3 aromatic carbocycles. The first-order valence-electron chi connectivity index (χ1n) is 9.26. The van der Waals surface area contributed by atoms with Gasteiger partial charge in [0.25, 0.3) is 5.91 Å². The first kappa shape index (κ1) is 19.3. The predicted octanol–water partition coefficient (Wildman–Crippen LogP) is 3.95. The Morgan fingerprint density at radius 2 is 1.68 bits per heavy atom. The summed E-state index contributed by atoms with van der Waals surface area (Å²) < 4.78 is 0. The van der Waals surface area contributed by atoms with Crippen molar-refractivity contribution in [2.75, 3.05) is 6.61 Å². The van der Waals surface area contributed by atoms with E-state index in [-0.39, 0.29) is 18.6 Å². The van der Waals surface area contributed by atoms with Crippen LogP contribution < -0.4 is 5.32 Å². The fourth-order valence-corrected chi connectivity index (χ4v) is 3.06. The van der Waals surface area contributed by atoms with Crippen molar-refractivity contribution in [3.8, 4) is 17.2 Å². The summed E-state index contributed by atoms with van der Waals surface area (Å²) in [5.41, 5.74) is 4.33. The lowest BCUT2D eigenvalue weighted by Gasteiger charge is -2.16. The standard InChI is InChI=1S/C24H22N2O2/c25-16-19-6-4-5-18(15-19)9-14-23(17-27)26-24(28)22-12-10-21(11-13-22)20-7-2-1-3-8-20/h1-8,10-13,15,23,27H,9,14,17H2,(H,26,28). The van der Waals surface area contributed by atoms with E-state index in [1.807, 2.05) is 60.7 Å². The molecule has 0 heterocycles. The molecule has 0 aromatic heterocycles. The maximum absolute atomic E-state index is 12.5. The summed E-state index contributed by atoms with van der Waals surface area (Å²) >= 11 is 0. The minimum absolute atomic E-state index is 0.133. The second-order valence-electron chi connectivity index (χ2n) is 6.65. The Kier molecular flexibility index (Phi) is 6.56. The molecule has 0 saturated heterocycles. The largest absolute Gasteiger partial charge is 0.394 e. The number of aryl methyl sites for hydroxylation is 1. The first-order chi connectivity index (χ1) is 13.7. The molecule has 4 nitrogen and oxygen atoms in total. The third-order valence-corrected chi connectivity index (χ3v) is 4.65. The van der Waals surface area contributed by atoms with E-state index in [1.54, 1.807) is 18.2 Å². The number of nitrogens with one attached hydrogen (secondary N) is 1. The molecular weight excluding hydrogens is 348 g/mol. The molecule has 3 aromatic rings. The molecule has 1 atom stereocenters. The highest BCUT2D eigenvalue weighted by Crippen LogP contribution is 2.19. The van der Waals surface area contributed by atoms with Gasteiger partial charge in [-0.05, 0) is 53.8 Å². The molecule has 140 valence electrons. The van der Waals surface area contributed by atoms with E-state index in [0.29, 0.717) is 24.0 Å². The number of rotatable bonds is 7. The van der Waals surface area contributed by atoms with E-state index in [1.165, 1.54) is 0 Å². The Labute approximate surface area is 165 Å². The molecule has 0 radical (unpaired) electrons. The van der Waals surface area contributed by atoms with Crippen LogP contribution in [0.2, 0.25) is 0 Å². The van der Waals surface area contributed by atoms with Gasteiger partial charge in [-0.1, -0.05) is 54.6 Å². The SMILES string of the molecule is N#Cc1cccc(CCC(CO)NC(=O)c2ccc(-c3ccccc3)cc2)c1. The van der Waals surface area contributed by atoms with Crippen LogP contribution in [0.25, 0.3) is 11.1 Å². The van der Waals surface area contributed by atoms with Gasteiger partial charge < -0.3 is 10.4 Å². The zero-order chi connectivity index (χ0) is 19.8. The Hall–Kier alpha value is -3.42. The van der Waals surface area contributed by atoms with E-state index in [9.17, 15) is 9.90 Å². The van der Waals surface area contributed by atoms with Crippen molar-refractivity contribution < 1.29 is 9.90 Å². The molecule has 3 rings (SSSR count). The van der Waals surface area contributed by atoms with E-state index in [4.69, 9.17) is 5.26 Å². The Bertz CT molecular complexity index is 960. The maximum atomic E-state index is 12.5. The number of aliphatic hydroxyl groups is 1. The summed E-state index contributed by atoms with van der Waals surface area (Å²) in [4.78, 5) is 12.5. The average molecular weight is 370 g/mol. The van der Waals surface area contributed by atoms with E-state index in [0.717, 1.165) is 16.7 Å². The second-order valence-corrected chi connectivity index (χ2v) is 6.65. The zero-order valence-corrected chi connectivity index (χ0v) is 15.5. The van der Waals surface area contributed by atoms with Gasteiger partial charge in [0.05, 0.1) is 24.3 Å². The molecule has 0 aliphatic heterocycles. The summed E-state index contributed by atoms with van der Waals surface area (Å²) in [6.45, 7) is -0.133. The Morgan fingerprint density at radius 1 is 0.964 bits per heavy atom. The van der Waals surface area contributed by atoms with Crippen LogP contribution >= 0.6 is 0 Å². The van der Waals surface area contributed by atoms with Crippen molar-refractivity contribution in [1.29, 1.82) is 5.26 Å². The molecule has 2 N–H and O–H groups in total. The van der Waals surface area contributed by atoms with Gasteiger partial charge in [0, 0.05) is 5.56 Å². The molecule has 0 spiro atoms. The smallest absolute Gasteiger partial charge is 0.251 e. The summed E-state index contributed by atoms with van der Waals surface area (Å²) in [6.07, 6.45) is 1.27. The number of amides is 1. The van der Waals surface area contributed by atoms with Crippen molar-refractivity contribution in [2.45, 2.75) is 18.9 Å². The molecule has 4 heteroatoms. The van der Waals surface area contributed by atoms with Gasteiger partial charge in [0.2, 0.25) is 0 Å². The summed E-state index contributed by atoms with van der Waals surface area (Å²) in [6, 6.07) is 26.6. The third kappa shape index (κ3) is 5.06. The third-order valence-electron chi connectivity index (χ3n) is 4.65. The maximum Gasteiger partial charge on any atom is 0.251 e. The quantitative estimate of drug-likeness (QED) is 0.661.